The standard InChI is InChI=1S/C14H29N3O2S/c1-4-12-11-17(7-6-16(12)8-9-19-2)14(18)13(15)5-10-20-3/h12-13H,4-11,15H2,1-3H3/t12?,13-/m0/s1. The molecule has 20 heavy (non-hydrogen) atoms. The van der Waals surface area contributed by atoms with Crippen LogP contribution in [0.25, 0.3) is 0 Å². The van der Waals surface area contributed by atoms with Crippen molar-refractivity contribution in [2.75, 3.05) is 51.9 Å². The highest BCUT2D eigenvalue weighted by Gasteiger charge is 2.30. The summed E-state index contributed by atoms with van der Waals surface area (Å²) in [6, 6.07) is 0.0843. The van der Waals surface area contributed by atoms with Crippen LogP contribution in [0.3, 0.4) is 0 Å². The fourth-order valence-electron chi connectivity index (χ4n) is 2.59. The van der Waals surface area contributed by atoms with E-state index in [1.165, 1.54) is 0 Å². The SMILES string of the molecule is CCC1CN(C(=O)[C@@H](N)CCSC)CCN1CCOC. The lowest BCUT2D eigenvalue weighted by molar-refractivity contribution is -0.135. The molecule has 1 amide bonds. The van der Waals surface area contributed by atoms with Crippen molar-refractivity contribution in [2.45, 2.75) is 31.8 Å². The third-order valence-electron chi connectivity index (χ3n) is 3.92. The summed E-state index contributed by atoms with van der Waals surface area (Å²) in [6.45, 7) is 6.36. The molecule has 118 valence electrons. The number of rotatable bonds is 8. The summed E-state index contributed by atoms with van der Waals surface area (Å²) in [5, 5.41) is 0. The van der Waals surface area contributed by atoms with E-state index in [1.807, 2.05) is 11.2 Å². The van der Waals surface area contributed by atoms with Gasteiger partial charge in [0.2, 0.25) is 5.91 Å². The van der Waals surface area contributed by atoms with E-state index < -0.39 is 0 Å². The Bertz CT molecular complexity index is 292. The largest absolute Gasteiger partial charge is 0.383 e. The number of hydrogen-bond donors (Lipinski definition) is 1. The van der Waals surface area contributed by atoms with Crippen LogP contribution in [0.5, 0.6) is 0 Å². The van der Waals surface area contributed by atoms with Crippen LogP contribution in [0.15, 0.2) is 0 Å². The molecule has 0 spiro atoms. The van der Waals surface area contributed by atoms with Gasteiger partial charge in [-0.2, -0.15) is 11.8 Å². The van der Waals surface area contributed by atoms with Crippen molar-refractivity contribution < 1.29 is 9.53 Å². The molecular formula is C14H29N3O2S. The molecule has 6 heteroatoms. The molecule has 0 aromatic carbocycles. The summed E-state index contributed by atoms with van der Waals surface area (Å²) in [6.07, 6.45) is 3.85. The molecule has 1 aliphatic rings. The van der Waals surface area contributed by atoms with E-state index in [1.54, 1.807) is 18.9 Å². The molecule has 5 nitrogen and oxygen atoms in total. The number of nitrogens with zero attached hydrogens (tertiary/aromatic N) is 2. The van der Waals surface area contributed by atoms with E-state index in [-0.39, 0.29) is 11.9 Å². The van der Waals surface area contributed by atoms with E-state index in [4.69, 9.17) is 10.5 Å². The zero-order chi connectivity index (χ0) is 15.0. The lowest BCUT2D eigenvalue weighted by Crippen LogP contribution is -2.57. The maximum atomic E-state index is 12.3. The second-order valence-corrected chi connectivity index (χ2v) is 6.25. The van der Waals surface area contributed by atoms with Gasteiger partial charge in [-0.25, -0.2) is 0 Å². The highest BCUT2D eigenvalue weighted by molar-refractivity contribution is 7.98. The van der Waals surface area contributed by atoms with Crippen LogP contribution in [-0.4, -0.2) is 79.7 Å². The number of ether oxygens (including phenoxy) is 1. The molecular weight excluding hydrogens is 274 g/mol. The topological polar surface area (TPSA) is 58.8 Å². The lowest BCUT2D eigenvalue weighted by Gasteiger charge is -2.41. The summed E-state index contributed by atoms with van der Waals surface area (Å²) >= 11 is 1.74. The van der Waals surface area contributed by atoms with Crippen LogP contribution < -0.4 is 5.73 Å². The molecule has 1 heterocycles. The highest BCUT2D eigenvalue weighted by atomic mass is 32.2. The van der Waals surface area contributed by atoms with E-state index in [2.05, 4.69) is 11.8 Å². The molecule has 0 bridgehead atoms. The molecule has 0 aliphatic carbocycles. The number of methoxy groups -OCH3 is 1. The van der Waals surface area contributed by atoms with Gasteiger partial charge in [-0.1, -0.05) is 6.92 Å². The third-order valence-corrected chi connectivity index (χ3v) is 4.56. The van der Waals surface area contributed by atoms with Crippen molar-refractivity contribution in [3.8, 4) is 0 Å². The normalized spacial score (nSPS) is 22.0. The Morgan fingerprint density at radius 3 is 2.85 bits per heavy atom. The van der Waals surface area contributed by atoms with Crippen molar-refractivity contribution in [3.63, 3.8) is 0 Å². The van der Waals surface area contributed by atoms with Gasteiger partial charge in [-0.05, 0) is 24.9 Å². The maximum absolute atomic E-state index is 12.3. The fourth-order valence-corrected chi connectivity index (χ4v) is 3.08. The van der Waals surface area contributed by atoms with Crippen molar-refractivity contribution in [1.29, 1.82) is 0 Å². The first-order valence-corrected chi connectivity index (χ1v) is 8.79. The predicted molar refractivity (Wildman–Crippen MR) is 85.1 cm³/mol. The zero-order valence-electron chi connectivity index (χ0n) is 13.0. The summed E-state index contributed by atoms with van der Waals surface area (Å²) < 4.78 is 5.15. The zero-order valence-corrected chi connectivity index (χ0v) is 13.8. The molecule has 0 saturated carbocycles. The summed E-state index contributed by atoms with van der Waals surface area (Å²) in [5.41, 5.74) is 6.00. The van der Waals surface area contributed by atoms with Crippen LogP contribution in [0.2, 0.25) is 0 Å². The molecule has 2 atom stereocenters. The van der Waals surface area contributed by atoms with E-state index in [0.29, 0.717) is 6.04 Å². The van der Waals surface area contributed by atoms with Gasteiger partial charge in [-0.15, -0.1) is 0 Å². The first kappa shape index (κ1) is 17.8. The molecule has 1 aliphatic heterocycles. The van der Waals surface area contributed by atoms with Gasteiger partial charge in [0.15, 0.2) is 0 Å². The van der Waals surface area contributed by atoms with Gasteiger partial charge in [0.05, 0.1) is 12.6 Å². The van der Waals surface area contributed by atoms with Crippen molar-refractivity contribution in [3.05, 3.63) is 0 Å². The van der Waals surface area contributed by atoms with Crippen LogP contribution >= 0.6 is 11.8 Å². The number of hydrogen-bond acceptors (Lipinski definition) is 5. The Morgan fingerprint density at radius 2 is 2.25 bits per heavy atom. The molecule has 1 unspecified atom stereocenters. The molecule has 0 radical (unpaired) electrons. The first-order valence-electron chi connectivity index (χ1n) is 7.40. The number of carbonyl (C=O) groups is 1. The average Bonchev–Trinajstić information content (AvgIpc) is 2.49. The Labute approximate surface area is 127 Å². The van der Waals surface area contributed by atoms with Crippen LogP contribution in [0.1, 0.15) is 19.8 Å². The minimum Gasteiger partial charge on any atom is -0.383 e. The molecule has 2 N–H and O–H groups in total. The summed E-state index contributed by atoms with van der Waals surface area (Å²) in [7, 11) is 1.73. The number of piperazine rings is 1. The van der Waals surface area contributed by atoms with Gasteiger partial charge in [0.1, 0.15) is 0 Å². The van der Waals surface area contributed by atoms with E-state index in [9.17, 15) is 4.79 Å². The quantitative estimate of drug-likeness (QED) is 0.713. The summed E-state index contributed by atoms with van der Waals surface area (Å²) in [4.78, 5) is 16.7. The molecule has 1 rings (SSSR count). The van der Waals surface area contributed by atoms with E-state index in [0.717, 1.165) is 51.4 Å². The molecule has 0 aromatic heterocycles. The Balaban J connectivity index is 2.48. The van der Waals surface area contributed by atoms with Crippen LogP contribution in [0.4, 0.5) is 0 Å². The number of nitrogens with two attached hydrogens (primary N) is 1. The Kier molecular flexibility index (Phi) is 8.52. The molecule has 1 fully saturated rings. The maximum Gasteiger partial charge on any atom is 0.239 e. The monoisotopic (exact) mass is 303 g/mol. The van der Waals surface area contributed by atoms with Crippen LogP contribution in [0, 0.1) is 0 Å². The summed E-state index contributed by atoms with van der Waals surface area (Å²) in [5.74, 6) is 1.06. The second-order valence-electron chi connectivity index (χ2n) is 5.26. The van der Waals surface area contributed by atoms with Gasteiger partial charge in [0, 0.05) is 39.3 Å². The molecule has 0 aromatic rings. The Hall–Kier alpha value is -0.300. The van der Waals surface area contributed by atoms with Crippen LogP contribution in [-0.2, 0) is 9.53 Å². The van der Waals surface area contributed by atoms with Crippen molar-refractivity contribution in [2.24, 2.45) is 5.73 Å². The number of amides is 1. The second kappa shape index (κ2) is 9.60. The number of thioether (sulfide) groups is 1. The lowest BCUT2D eigenvalue weighted by atomic mass is 10.1. The van der Waals surface area contributed by atoms with Gasteiger partial charge in [-0.3, -0.25) is 9.69 Å². The van der Waals surface area contributed by atoms with Crippen molar-refractivity contribution in [1.82, 2.24) is 9.80 Å². The van der Waals surface area contributed by atoms with Gasteiger partial charge < -0.3 is 15.4 Å². The minimum absolute atomic E-state index is 0.115. The number of carbonyl (C=O) groups excluding carboxylic acids is 1. The first-order chi connectivity index (χ1) is 9.63. The average molecular weight is 303 g/mol. The highest BCUT2D eigenvalue weighted by Crippen LogP contribution is 2.14. The van der Waals surface area contributed by atoms with Gasteiger partial charge in [0.25, 0.3) is 0 Å². The van der Waals surface area contributed by atoms with E-state index >= 15 is 0 Å². The minimum atomic E-state index is -0.342. The smallest absolute Gasteiger partial charge is 0.239 e. The van der Waals surface area contributed by atoms with Gasteiger partial charge >= 0.3 is 0 Å². The molecule has 1 saturated heterocycles. The van der Waals surface area contributed by atoms with Crippen molar-refractivity contribution >= 4 is 17.7 Å². The Morgan fingerprint density at radius 1 is 1.50 bits per heavy atom. The fraction of sp³-hybridized carbons (Fsp3) is 0.929. The third kappa shape index (κ3) is 5.24. The predicted octanol–water partition coefficient (Wildman–Crippen LogP) is 0.636.